The molecule has 0 amide bonds. The van der Waals surface area contributed by atoms with Gasteiger partial charge in [0.15, 0.2) is 0 Å². The zero-order chi connectivity index (χ0) is 10.8. The average Bonchev–Trinajstić information content (AvgIpc) is 2.57. The Balaban J connectivity index is 2.58. The molecular formula is C11H10ClNO2. The molecule has 0 fully saturated rings. The lowest BCUT2D eigenvalue weighted by molar-refractivity contribution is 0.416. The van der Waals surface area contributed by atoms with Gasteiger partial charge in [-0.15, -0.1) is 0 Å². The molecule has 0 bridgehead atoms. The van der Waals surface area contributed by atoms with Crippen molar-refractivity contribution in [3.63, 3.8) is 0 Å². The molecule has 0 unspecified atom stereocenters. The molecule has 78 valence electrons. The van der Waals surface area contributed by atoms with Gasteiger partial charge in [-0.05, 0) is 30.7 Å². The van der Waals surface area contributed by atoms with Crippen LogP contribution in [0.3, 0.4) is 0 Å². The van der Waals surface area contributed by atoms with Crippen LogP contribution in [0.1, 0.15) is 5.76 Å². The van der Waals surface area contributed by atoms with E-state index in [4.69, 9.17) is 20.8 Å². The number of oxazole rings is 1. The van der Waals surface area contributed by atoms with Crippen molar-refractivity contribution >= 4 is 11.6 Å². The van der Waals surface area contributed by atoms with Crippen molar-refractivity contribution in [2.24, 2.45) is 0 Å². The molecule has 0 spiro atoms. The van der Waals surface area contributed by atoms with Crippen molar-refractivity contribution in [3.05, 3.63) is 35.4 Å². The maximum absolute atomic E-state index is 5.69. The average molecular weight is 224 g/mol. The molecule has 0 radical (unpaired) electrons. The van der Waals surface area contributed by atoms with Crippen LogP contribution >= 0.6 is 11.6 Å². The minimum Gasteiger partial charge on any atom is -0.496 e. The summed E-state index contributed by atoms with van der Waals surface area (Å²) in [7, 11) is 1.62. The van der Waals surface area contributed by atoms with Crippen LogP contribution in [0.25, 0.3) is 11.3 Å². The summed E-state index contributed by atoms with van der Waals surface area (Å²) in [5, 5.41) is 0.147. The second-order valence-corrected chi connectivity index (χ2v) is 3.40. The minimum atomic E-state index is 0.147. The van der Waals surface area contributed by atoms with Gasteiger partial charge in [0.05, 0.1) is 7.11 Å². The summed E-state index contributed by atoms with van der Waals surface area (Å²) in [5.41, 5.74) is 1.60. The van der Waals surface area contributed by atoms with E-state index in [2.05, 4.69) is 4.98 Å². The summed E-state index contributed by atoms with van der Waals surface area (Å²) in [4.78, 5) is 4.11. The number of rotatable bonds is 2. The Kier molecular flexibility index (Phi) is 2.64. The fourth-order valence-corrected chi connectivity index (χ4v) is 1.65. The predicted molar refractivity (Wildman–Crippen MR) is 58.2 cm³/mol. The van der Waals surface area contributed by atoms with E-state index in [0.717, 1.165) is 17.0 Å². The van der Waals surface area contributed by atoms with E-state index in [1.807, 2.05) is 31.2 Å². The van der Waals surface area contributed by atoms with Crippen molar-refractivity contribution in [3.8, 4) is 17.0 Å². The molecule has 1 aromatic carbocycles. The molecular weight excluding hydrogens is 214 g/mol. The highest BCUT2D eigenvalue weighted by molar-refractivity contribution is 6.27. The molecule has 0 aliphatic carbocycles. The third-order valence-electron chi connectivity index (χ3n) is 2.13. The molecule has 0 aliphatic heterocycles. The van der Waals surface area contributed by atoms with Gasteiger partial charge in [-0.2, -0.15) is 4.98 Å². The van der Waals surface area contributed by atoms with Gasteiger partial charge < -0.3 is 9.15 Å². The van der Waals surface area contributed by atoms with E-state index >= 15 is 0 Å². The Morgan fingerprint density at radius 2 is 2.07 bits per heavy atom. The van der Waals surface area contributed by atoms with Crippen molar-refractivity contribution in [2.75, 3.05) is 7.11 Å². The number of nitrogens with zero attached hydrogens (tertiary/aromatic N) is 1. The highest BCUT2D eigenvalue weighted by atomic mass is 35.5. The predicted octanol–water partition coefficient (Wildman–Crippen LogP) is 3.31. The van der Waals surface area contributed by atoms with E-state index in [1.165, 1.54) is 0 Å². The van der Waals surface area contributed by atoms with Gasteiger partial charge in [-0.1, -0.05) is 12.1 Å². The molecule has 4 heteroatoms. The van der Waals surface area contributed by atoms with Crippen LogP contribution < -0.4 is 4.74 Å². The first-order valence-electron chi connectivity index (χ1n) is 4.48. The summed E-state index contributed by atoms with van der Waals surface area (Å²) < 4.78 is 10.4. The number of ether oxygens (including phenoxy) is 1. The molecule has 3 nitrogen and oxygen atoms in total. The molecule has 0 saturated carbocycles. The van der Waals surface area contributed by atoms with Crippen LogP contribution in [0.5, 0.6) is 5.75 Å². The van der Waals surface area contributed by atoms with E-state index in [0.29, 0.717) is 5.76 Å². The van der Waals surface area contributed by atoms with E-state index in [-0.39, 0.29) is 5.35 Å². The SMILES string of the molecule is COc1ccccc1-c1nc(Cl)oc1C. The fraction of sp³-hybridized carbons (Fsp3) is 0.182. The van der Waals surface area contributed by atoms with E-state index in [1.54, 1.807) is 7.11 Å². The van der Waals surface area contributed by atoms with Crippen molar-refractivity contribution in [1.29, 1.82) is 0 Å². The van der Waals surface area contributed by atoms with E-state index in [9.17, 15) is 0 Å². The van der Waals surface area contributed by atoms with Crippen LogP contribution in [-0.2, 0) is 0 Å². The largest absolute Gasteiger partial charge is 0.496 e. The van der Waals surface area contributed by atoms with Gasteiger partial charge >= 0.3 is 0 Å². The molecule has 0 atom stereocenters. The van der Waals surface area contributed by atoms with Gasteiger partial charge in [0.2, 0.25) is 0 Å². The molecule has 0 saturated heterocycles. The fourth-order valence-electron chi connectivity index (χ4n) is 1.45. The Hall–Kier alpha value is -1.48. The van der Waals surface area contributed by atoms with Crippen LogP contribution in [-0.4, -0.2) is 12.1 Å². The second-order valence-electron chi connectivity index (χ2n) is 3.07. The lowest BCUT2D eigenvalue weighted by Crippen LogP contribution is -1.88. The maximum Gasteiger partial charge on any atom is 0.292 e. The van der Waals surface area contributed by atoms with Crippen LogP contribution in [0.2, 0.25) is 5.35 Å². The third-order valence-corrected chi connectivity index (χ3v) is 2.29. The first-order valence-corrected chi connectivity index (χ1v) is 4.86. The monoisotopic (exact) mass is 223 g/mol. The topological polar surface area (TPSA) is 35.3 Å². The van der Waals surface area contributed by atoms with Crippen LogP contribution in [0.15, 0.2) is 28.7 Å². The zero-order valence-corrected chi connectivity index (χ0v) is 9.21. The zero-order valence-electron chi connectivity index (χ0n) is 8.45. The number of methoxy groups -OCH3 is 1. The quantitative estimate of drug-likeness (QED) is 0.784. The minimum absolute atomic E-state index is 0.147. The third kappa shape index (κ3) is 1.83. The number of hydrogen-bond acceptors (Lipinski definition) is 3. The van der Waals surface area contributed by atoms with Crippen molar-refractivity contribution in [2.45, 2.75) is 6.92 Å². The molecule has 2 rings (SSSR count). The first kappa shape index (κ1) is 10.1. The molecule has 0 aliphatic rings. The lowest BCUT2D eigenvalue weighted by atomic mass is 10.1. The van der Waals surface area contributed by atoms with Gasteiger partial charge in [-0.3, -0.25) is 0 Å². The number of benzene rings is 1. The Morgan fingerprint density at radius 3 is 2.67 bits per heavy atom. The molecule has 2 aromatic rings. The van der Waals surface area contributed by atoms with E-state index < -0.39 is 0 Å². The number of aromatic nitrogens is 1. The van der Waals surface area contributed by atoms with Crippen LogP contribution in [0, 0.1) is 6.92 Å². The van der Waals surface area contributed by atoms with Gasteiger partial charge in [0.1, 0.15) is 17.2 Å². The van der Waals surface area contributed by atoms with Gasteiger partial charge in [0, 0.05) is 5.56 Å². The molecule has 1 heterocycles. The second kappa shape index (κ2) is 3.95. The van der Waals surface area contributed by atoms with Crippen LogP contribution in [0.4, 0.5) is 0 Å². The number of aryl methyl sites for hydroxylation is 1. The summed E-state index contributed by atoms with van der Waals surface area (Å²) in [6.45, 7) is 1.82. The first-order chi connectivity index (χ1) is 7.22. The Morgan fingerprint density at radius 1 is 1.33 bits per heavy atom. The Labute approximate surface area is 92.6 Å². The summed E-state index contributed by atoms with van der Waals surface area (Å²) >= 11 is 5.69. The van der Waals surface area contributed by atoms with Crippen molar-refractivity contribution < 1.29 is 9.15 Å². The lowest BCUT2D eigenvalue weighted by Gasteiger charge is -2.05. The number of hydrogen-bond donors (Lipinski definition) is 0. The normalized spacial score (nSPS) is 10.3. The standard InChI is InChI=1S/C11H10ClNO2/c1-7-10(13-11(12)15-7)8-5-3-4-6-9(8)14-2/h3-6H,1-2H3. The molecule has 15 heavy (non-hydrogen) atoms. The summed E-state index contributed by atoms with van der Waals surface area (Å²) in [5.74, 6) is 1.44. The molecule has 0 N–H and O–H groups in total. The Bertz CT molecular complexity index is 479. The number of halogens is 1. The molecule has 1 aromatic heterocycles. The van der Waals surface area contributed by atoms with Gasteiger partial charge in [-0.25, -0.2) is 0 Å². The van der Waals surface area contributed by atoms with Crippen molar-refractivity contribution in [1.82, 2.24) is 4.98 Å². The smallest absolute Gasteiger partial charge is 0.292 e. The highest BCUT2D eigenvalue weighted by Crippen LogP contribution is 2.32. The highest BCUT2D eigenvalue weighted by Gasteiger charge is 2.13. The summed E-state index contributed by atoms with van der Waals surface area (Å²) in [6.07, 6.45) is 0. The number of para-hydroxylation sites is 1. The summed E-state index contributed by atoms with van der Waals surface area (Å²) in [6, 6.07) is 7.61. The van der Waals surface area contributed by atoms with Gasteiger partial charge in [0.25, 0.3) is 5.35 Å². The maximum atomic E-state index is 5.69.